The van der Waals surface area contributed by atoms with Gasteiger partial charge in [-0.25, -0.2) is 0 Å². The number of nitrogens with zero attached hydrogens (tertiary/aromatic N) is 1. The number of rotatable bonds is 8. The van der Waals surface area contributed by atoms with Crippen LogP contribution < -0.4 is 11.1 Å². The lowest BCUT2D eigenvalue weighted by Gasteiger charge is -2.14. The molecule has 7 heteroatoms. The minimum Gasteiger partial charge on any atom is -0.368 e. The maximum Gasteiger partial charge on any atom is 0.269 e. The monoisotopic (exact) mass is 303 g/mol. The van der Waals surface area contributed by atoms with Crippen molar-refractivity contribution in [2.75, 3.05) is 0 Å². The van der Waals surface area contributed by atoms with Crippen LogP contribution in [0.3, 0.4) is 0 Å². The zero-order valence-corrected chi connectivity index (χ0v) is 12.0. The van der Waals surface area contributed by atoms with E-state index in [4.69, 9.17) is 12.2 Å². The summed E-state index contributed by atoms with van der Waals surface area (Å²) in [6.07, 6.45) is 6.48. The Bertz CT molecular complexity index is 607. The molecule has 1 aromatic carbocycles. The number of nitro groups is 1. The third-order valence-electron chi connectivity index (χ3n) is 2.98. The van der Waals surface area contributed by atoms with Crippen LogP contribution in [0.15, 0.2) is 24.3 Å². The third kappa shape index (κ3) is 5.63. The molecule has 22 heavy (non-hydrogen) atoms. The molecule has 116 valence electrons. The molecule has 3 N–H and O–H groups in total. The molecule has 7 nitrogen and oxygen atoms in total. The van der Waals surface area contributed by atoms with E-state index in [0.29, 0.717) is 24.8 Å². The van der Waals surface area contributed by atoms with Crippen LogP contribution in [-0.2, 0) is 16.0 Å². The summed E-state index contributed by atoms with van der Waals surface area (Å²) >= 11 is 0. The molecule has 0 aromatic heterocycles. The maximum absolute atomic E-state index is 11.9. The Labute approximate surface area is 128 Å². The van der Waals surface area contributed by atoms with Gasteiger partial charge in [0.2, 0.25) is 11.8 Å². The molecule has 1 atom stereocenters. The molecule has 0 fully saturated rings. The smallest absolute Gasteiger partial charge is 0.269 e. The van der Waals surface area contributed by atoms with E-state index in [0.717, 1.165) is 0 Å². The number of non-ortho nitro benzene ring substituents is 1. The van der Waals surface area contributed by atoms with Crippen molar-refractivity contribution in [1.29, 1.82) is 0 Å². The minimum absolute atomic E-state index is 0.0689. The van der Waals surface area contributed by atoms with Gasteiger partial charge in [-0.1, -0.05) is 12.1 Å². The number of terminal acetylenes is 1. The third-order valence-corrected chi connectivity index (χ3v) is 2.98. The summed E-state index contributed by atoms with van der Waals surface area (Å²) in [5.74, 6) is 1.38. The van der Waals surface area contributed by atoms with Gasteiger partial charge < -0.3 is 11.1 Å². The molecular weight excluding hydrogens is 286 g/mol. The molecule has 0 saturated carbocycles. The largest absolute Gasteiger partial charge is 0.368 e. The lowest BCUT2D eigenvalue weighted by atomic mass is 10.1. The molecule has 0 saturated heterocycles. The average Bonchev–Trinajstić information content (AvgIpc) is 2.46. The summed E-state index contributed by atoms with van der Waals surface area (Å²) in [7, 11) is 0. The van der Waals surface area contributed by atoms with Gasteiger partial charge in [0.15, 0.2) is 0 Å². The van der Waals surface area contributed by atoms with Crippen molar-refractivity contribution in [3.63, 3.8) is 0 Å². The predicted molar refractivity (Wildman–Crippen MR) is 80.6 cm³/mol. The molecule has 2 amide bonds. The molecule has 0 aliphatic rings. The Kier molecular flexibility index (Phi) is 6.57. The highest BCUT2D eigenvalue weighted by Crippen LogP contribution is 2.13. The number of nitrogens with one attached hydrogen (secondary N) is 1. The van der Waals surface area contributed by atoms with E-state index in [-0.39, 0.29) is 12.1 Å². The number of primary amides is 1. The number of carbonyl (C=O) groups excluding carboxylic acids is 2. The molecule has 0 radical (unpaired) electrons. The van der Waals surface area contributed by atoms with Crippen LogP contribution in [0.5, 0.6) is 0 Å². The Balaban J connectivity index is 2.63. The van der Waals surface area contributed by atoms with Crippen molar-refractivity contribution >= 4 is 17.5 Å². The summed E-state index contributed by atoms with van der Waals surface area (Å²) in [4.78, 5) is 33.3. The molecule has 0 spiro atoms. The van der Waals surface area contributed by atoms with Crippen molar-refractivity contribution in [3.8, 4) is 12.3 Å². The van der Waals surface area contributed by atoms with Crippen molar-refractivity contribution in [2.45, 2.75) is 31.7 Å². The van der Waals surface area contributed by atoms with Crippen molar-refractivity contribution in [1.82, 2.24) is 5.32 Å². The first kappa shape index (κ1) is 17.2. The van der Waals surface area contributed by atoms with Gasteiger partial charge >= 0.3 is 0 Å². The molecule has 0 aliphatic heterocycles. The van der Waals surface area contributed by atoms with Crippen LogP contribution in [0.4, 0.5) is 5.69 Å². The van der Waals surface area contributed by atoms with Gasteiger partial charge in [0, 0.05) is 18.6 Å². The minimum atomic E-state index is -0.792. The first-order chi connectivity index (χ1) is 10.4. The highest BCUT2D eigenvalue weighted by molar-refractivity contribution is 5.87. The van der Waals surface area contributed by atoms with E-state index in [1.807, 2.05) is 0 Å². The van der Waals surface area contributed by atoms with Crippen LogP contribution in [-0.4, -0.2) is 22.8 Å². The van der Waals surface area contributed by atoms with Gasteiger partial charge in [0.25, 0.3) is 5.69 Å². The van der Waals surface area contributed by atoms with Crippen LogP contribution in [0.25, 0.3) is 0 Å². The van der Waals surface area contributed by atoms with E-state index >= 15 is 0 Å². The quantitative estimate of drug-likeness (QED) is 0.321. The molecule has 0 bridgehead atoms. The van der Waals surface area contributed by atoms with Gasteiger partial charge in [0.1, 0.15) is 6.04 Å². The van der Waals surface area contributed by atoms with Crippen molar-refractivity contribution in [2.24, 2.45) is 5.73 Å². The molecular formula is C15H17N3O4. The Hall–Kier alpha value is -2.88. The van der Waals surface area contributed by atoms with E-state index in [1.165, 1.54) is 18.2 Å². The lowest BCUT2D eigenvalue weighted by molar-refractivity contribution is -0.384. The molecule has 0 unspecified atom stereocenters. The SMILES string of the molecule is C#CCCC[C@@H](NC(=O)Cc1cccc([N+](=O)[O-])c1)C(N)=O. The first-order valence-corrected chi connectivity index (χ1v) is 6.69. The number of nitrogens with two attached hydrogens (primary N) is 1. The molecule has 0 aliphatic carbocycles. The fourth-order valence-electron chi connectivity index (χ4n) is 1.90. The van der Waals surface area contributed by atoms with Gasteiger partial charge in [-0.3, -0.25) is 19.7 Å². The number of benzene rings is 1. The number of hydrogen-bond donors (Lipinski definition) is 2. The standard InChI is InChI=1S/C15H17N3O4/c1-2-3-4-8-13(15(16)20)17-14(19)10-11-6-5-7-12(9-11)18(21)22/h1,5-7,9,13H,3-4,8,10H2,(H2,16,20)(H,17,19)/t13-/m1/s1. The van der Waals surface area contributed by atoms with E-state index in [2.05, 4.69) is 11.2 Å². The summed E-state index contributed by atoms with van der Waals surface area (Å²) < 4.78 is 0. The molecule has 1 aromatic rings. The second kappa shape index (κ2) is 8.42. The fraction of sp³-hybridized carbons (Fsp3) is 0.333. The number of amides is 2. The second-order valence-electron chi connectivity index (χ2n) is 4.72. The molecule has 1 rings (SSSR count). The van der Waals surface area contributed by atoms with Crippen LogP contribution in [0.2, 0.25) is 0 Å². The van der Waals surface area contributed by atoms with E-state index in [9.17, 15) is 19.7 Å². The number of nitro benzene ring substituents is 1. The van der Waals surface area contributed by atoms with Gasteiger partial charge in [0.05, 0.1) is 11.3 Å². The predicted octanol–water partition coefficient (Wildman–Crippen LogP) is 0.911. The van der Waals surface area contributed by atoms with Gasteiger partial charge in [-0.05, 0) is 18.4 Å². The Morgan fingerprint density at radius 3 is 2.77 bits per heavy atom. The number of carbonyl (C=O) groups is 2. The highest BCUT2D eigenvalue weighted by atomic mass is 16.6. The number of unbranched alkanes of at least 4 members (excludes halogenated alkanes) is 1. The molecule has 0 heterocycles. The topological polar surface area (TPSA) is 115 Å². The van der Waals surface area contributed by atoms with E-state index < -0.39 is 22.8 Å². The van der Waals surface area contributed by atoms with Crippen LogP contribution >= 0.6 is 0 Å². The van der Waals surface area contributed by atoms with Gasteiger partial charge in [-0.15, -0.1) is 12.3 Å². The summed E-state index contributed by atoms with van der Waals surface area (Å²) in [6.45, 7) is 0. The summed E-state index contributed by atoms with van der Waals surface area (Å²) in [5, 5.41) is 13.2. The Morgan fingerprint density at radius 2 is 2.18 bits per heavy atom. The van der Waals surface area contributed by atoms with Gasteiger partial charge in [-0.2, -0.15) is 0 Å². The number of hydrogen-bond acceptors (Lipinski definition) is 4. The average molecular weight is 303 g/mol. The Morgan fingerprint density at radius 1 is 1.45 bits per heavy atom. The fourth-order valence-corrected chi connectivity index (χ4v) is 1.90. The summed E-state index contributed by atoms with van der Waals surface area (Å²) in [6, 6.07) is 4.97. The van der Waals surface area contributed by atoms with E-state index in [1.54, 1.807) is 6.07 Å². The lowest BCUT2D eigenvalue weighted by Crippen LogP contribution is -2.44. The highest BCUT2D eigenvalue weighted by Gasteiger charge is 2.18. The zero-order valence-electron chi connectivity index (χ0n) is 12.0. The van der Waals surface area contributed by atoms with Crippen molar-refractivity contribution in [3.05, 3.63) is 39.9 Å². The van der Waals surface area contributed by atoms with Crippen molar-refractivity contribution < 1.29 is 14.5 Å². The zero-order chi connectivity index (χ0) is 16.5. The maximum atomic E-state index is 11.9. The van der Waals surface area contributed by atoms with Crippen LogP contribution in [0.1, 0.15) is 24.8 Å². The normalized spacial score (nSPS) is 11.2. The first-order valence-electron chi connectivity index (χ1n) is 6.69. The van der Waals surface area contributed by atoms with Crippen LogP contribution in [0, 0.1) is 22.5 Å². The second-order valence-corrected chi connectivity index (χ2v) is 4.72. The summed E-state index contributed by atoms with van der Waals surface area (Å²) in [5.41, 5.74) is 5.62.